The highest BCUT2D eigenvalue weighted by Gasteiger charge is 2.05. The van der Waals surface area contributed by atoms with Gasteiger partial charge in [0.2, 0.25) is 5.91 Å². The van der Waals surface area contributed by atoms with Crippen molar-refractivity contribution in [2.75, 3.05) is 5.32 Å². The molecular weight excluding hydrogens is 268 g/mol. The van der Waals surface area contributed by atoms with Gasteiger partial charge in [0, 0.05) is 24.5 Å². The van der Waals surface area contributed by atoms with Gasteiger partial charge >= 0.3 is 5.97 Å². The van der Waals surface area contributed by atoms with Crippen molar-refractivity contribution in [3.63, 3.8) is 0 Å². The number of amides is 1. The first-order valence-electron chi connectivity index (χ1n) is 6.63. The average Bonchev–Trinajstić information content (AvgIpc) is 2.46. The number of carboxylic acid groups (broad SMARTS) is 1. The monoisotopic (exact) mass is 284 g/mol. The number of nitrogens with one attached hydrogen (secondary N) is 1. The molecular formula is C16H16N2O3. The molecule has 1 heterocycles. The number of hydrogen-bond donors (Lipinski definition) is 2. The smallest absolute Gasteiger partial charge is 0.307 e. The van der Waals surface area contributed by atoms with Crippen molar-refractivity contribution in [1.82, 2.24) is 4.98 Å². The largest absolute Gasteiger partial charge is 0.481 e. The number of nitrogens with zero attached hydrogens (tertiary/aromatic N) is 1. The Morgan fingerprint density at radius 1 is 1.10 bits per heavy atom. The van der Waals surface area contributed by atoms with Crippen molar-refractivity contribution >= 4 is 17.6 Å². The normalized spacial score (nSPS) is 10.1. The molecule has 0 saturated heterocycles. The zero-order valence-electron chi connectivity index (χ0n) is 11.5. The second-order valence-electron chi connectivity index (χ2n) is 4.67. The first-order valence-corrected chi connectivity index (χ1v) is 6.63. The SMILES string of the molecule is O=C(O)Cc1cccc(NC(=O)CCc2ccncc2)c1. The Morgan fingerprint density at radius 3 is 2.57 bits per heavy atom. The summed E-state index contributed by atoms with van der Waals surface area (Å²) in [7, 11) is 0. The van der Waals surface area contributed by atoms with Gasteiger partial charge in [-0.3, -0.25) is 14.6 Å². The van der Waals surface area contributed by atoms with E-state index in [9.17, 15) is 9.59 Å². The van der Waals surface area contributed by atoms with Gasteiger partial charge in [-0.2, -0.15) is 0 Å². The van der Waals surface area contributed by atoms with Gasteiger partial charge in [0.25, 0.3) is 0 Å². The number of carbonyl (C=O) groups is 2. The Morgan fingerprint density at radius 2 is 1.86 bits per heavy atom. The summed E-state index contributed by atoms with van der Waals surface area (Å²) < 4.78 is 0. The first-order chi connectivity index (χ1) is 10.1. The van der Waals surface area contributed by atoms with Crippen molar-refractivity contribution in [3.8, 4) is 0 Å². The summed E-state index contributed by atoms with van der Waals surface area (Å²) in [6.45, 7) is 0. The van der Waals surface area contributed by atoms with Crippen LogP contribution in [0.25, 0.3) is 0 Å². The minimum absolute atomic E-state index is 0.0548. The number of pyridine rings is 1. The Balaban J connectivity index is 1.89. The molecule has 0 radical (unpaired) electrons. The van der Waals surface area contributed by atoms with Crippen molar-refractivity contribution in [1.29, 1.82) is 0 Å². The molecule has 0 aliphatic carbocycles. The first kappa shape index (κ1) is 14.7. The van der Waals surface area contributed by atoms with Crippen LogP contribution in [0.2, 0.25) is 0 Å². The molecule has 0 saturated carbocycles. The molecule has 1 aromatic carbocycles. The molecule has 0 atom stereocenters. The fourth-order valence-corrected chi connectivity index (χ4v) is 1.96. The molecule has 21 heavy (non-hydrogen) atoms. The van der Waals surface area contributed by atoms with Crippen LogP contribution in [-0.2, 0) is 22.4 Å². The van der Waals surface area contributed by atoms with Crippen LogP contribution in [0, 0.1) is 0 Å². The lowest BCUT2D eigenvalue weighted by molar-refractivity contribution is -0.136. The number of benzene rings is 1. The summed E-state index contributed by atoms with van der Waals surface area (Å²) >= 11 is 0. The van der Waals surface area contributed by atoms with E-state index in [1.54, 1.807) is 36.7 Å². The molecule has 0 spiro atoms. The summed E-state index contributed by atoms with van der Waals surface area (Å²) in [6, 6.07) is 10.6. The predicted molar refractivity (Wildman–Crippen MR) is 79.0 cm³/mol. The van der Waals surface area contributed by atoms with Crippen LogP contribution in [0.15, 0.2) is 48.8 Å². The third-order valence-corrected chi connectivity index (χ3v) is 2.96. The van der Waals surface area contributed by atoms with Crippen LogP contribution < -0.4 is 5.32 Å². The minimum Gasteiger partial charge on any atom is -0.481 e. The van der Waals surface area contributed by atoms with E-state index in [0.717, 1.165) is 5.56 Å². The highest BCUT2D eigenvalue weighted by Crippen LogP contribution is 2.12. The van der Waals surface area contributed by atoms with Gasteiger partial charge in [0.15, 0.2) is 0 Å². The Hall–Kier alpha value is -2.69. The molecule has 0 aliphatic rings. The van der Waals surface area contributed by atoms with Gasteiger partial charge < -0.3 is 10.4 Å². The summed E-state index contributed by atoms with van der Waals surface area (Å²) in [5.74, 6) is -0.990. The van der Waals surface area contributed by atoms with Gasteiger partial charge in [-0.1, -0.05) is 12.1 Å². The minimum atomic E-state index is -0.892. The highest BCUT2D eigenvalue weighted by atomic mass is 16.4. The van der Waals surface area contributed by atoms with Crippen LogP contribution in [-0.4, -0.2) is 22.0 Å². The van der Waals surface area contributed by atoms with E-state index < -0.39 is 5.97 Å². The van der Waals surface area contributed by atoms with Gasteiger partial charge in [-0.05, 0) is 41.8 Å². The standard InChI is InChI=1S/C16H16N2O3/c19-15(5-4-12-6-8-17-9-7-12)18-14-3-1-2-13(10-14)11-16(20)21/h1-3,6-10H,4-5,11H2,(H,18,19)(H,20,21). The summed E-state index contributed by atoms with van der Waals surface area (Å²) in [5.41, 5.74) is 2.34. The lowest BCUT2D eigenvalue weighted by Crippen LogP contribution is -2.12. The van der Waals surface area contributed by atoms with Crippen molar-refractivity contribution in [2.24, 2.45) is 0 Å². The van der Waals surface area contributed by atoms with Crippen LogP contribution in [0.5, 0.6) is 0 Å². The lowest BCUT2D eigenvalue weighted by atomic mass is 10.1. The second kappa shape index (κ2) is 7.19. The van der Waals surface area contributed by atoms with Gasteiger partial charge in [0.05, 0.1) is 6.42 Å². The molecule has 2 aromatic rings. The highest BCUT2D eigenvalue weighted by molar-refractivity contribution is 5.91. The van der Waals surface area contributed by atoms with Gasteiger partial charge in [-0.15, -0.1) is 0 Å². The van der Waals surface area contributed by atoms with Crippen LogP contribution in [0.1, 0.15) is 17.5 Å². The average molecular weight is 284 g/mol. The number of hydrogen-bond acceptors (Lipinski definition) is 3. The molecule has 108 valence electrons. The Labute approximate surface area is 122 Å². The fraction of sp³-hybridized carbons (Fsp3) is 0.188. The van der Waals surface area contributed by atoms with E-state index >= 15 is 0 Å². The quantitative estimate of drug-likeness (QED) is 0.853. The van der Waals surface area contributed by atoms with E-state index in [1.165, 1.54) is 0 Å². The number of carbonyl (C=O) groups excluding carboxylic acids is 1. The molecule has 5 heteroatoms. The predicted octanol–water partition coefficient (Wildman–Crippen LogP) is 2.28. The number of rotatable bonds is 6. The third kappa shape index (κ3) is 5.06. The Kier molecular flexibility index (Phi) is 5.04. The Bertz CT molecular complexity index is 626. The third-order valence-electron chi connectivity index (χ3n) is 2.96. The maximum absolute atomic E-state index is 11.9. The fourth-order valence-electron chi connectivity index (χ4n) is 1.96. The number of aromatic nitrogens is 1. The van der Waals surface area contributed by atoms with Gasteiger partial charge in [0.1, 0.15) is 0 Å². The molecule has 2 rings (SSSR count). The molecule has 0 unspecified atom stereocenters. The van der Waals surface area contributed by atoms with E-state index in [2.05, 4.69) is 10.3 Å². The molecule has 5 nitrogen and oxygen atoms in total. The van der Waals surface area contributed by atoms with E-state index in [1.807, 2.05) is 12.1 Å². The number of aryl methyl sites for hydroxylation is 1. The molecule has 2 N–H and O–H groups in total. The molecule has 1 aromatic heterocycles. The summed E-state index contributed by atoms with van der Waals surface area (Å²) in [6.07, 6.45) is 4.35. The van der Waals surface area contributed by atoms with E-state index in [0.29, 0.717) is 24.1 Å². The van der Waals surface area contributed by atoms with Crippen LogP contribution >= 0.6 is 0 Å². The lowest BCUT2D eigenvalue weighted by Gasteiger charge is -2.07. The number of anilines is 1. The van der Waals surface area contributed by atoms with Crippen molar-refractivity contribution in [2.45, 2.75) is 19.3 Å². The van der Waals surface area contributed by atoms with Crippen molar-refractivity contribution in [3.05, 3.63) is 59.9 Å². The van der Waals surface area contributed by atoms with Crippen molar-refractivity contribution < 1.29 is 14.7 Å². The number of aliphatic carboxylic acids is 1. The molecule has 0 aliphatic heterocycles. The maximum atomic E-state index is 11.9. The van der Waals surface area contributed by atoms with E-state index in [4.69, 9.17) is 5.11 Å². The maximum Gasteiger partial charge on any atom is 0.307 e. The zero-order chi connectivity index (χ0) is 15.1. The summed E-state index contributed by atoms with van der Waals surface area (Å²) in [4.78, 5) is 26.5. The zero-order valence-corrected chi connectivity index (χ0v) is 11.5. The molecule has 0 bridgehead atoms. The topological polar surface area (TPSA) is 79.3 Å². The second-order valence-corrected chi connectivity index (χ2v) is 4.67. The molecule has 0 fully saturated rings. The van der Waals surface area contributed by atoms with E-state index in [-0.39, 0.29) is 12.3 Å². The number of carboxylic acids is 1. The van der Waals surface area contributed by atoms with Crippen LogP contribution in [0.4, 0.5) is 5.69 Å². The van der Waals surface area contributed by atoms with Gasteiger partial charge in [-0.25, -0.2) is 0 Å². The van der Waals surface area contributed by atoms with Crippen LogP contribution in [0.3, 0.4) is 0 Å². The summed E-state index contributed by atoms with van der Waals surface area (Å²) in [5, 5.41) is 11.5. The molecule has 1 amide bonds.